The zero-order valence-corrected chi connectivity index (χ0v) is 10.7. The summed E-state index contributed by atoms with van der Waals surface area (Å²) in [5.41, 5.74) is 0. The molecular formula is C15H26O. The summed E-state index contributed by atoms with van der Waals surface area (Å²) in [7, 11) is 0. The van der Waals surface area contributed by atoms with E-state index in [-0.39, 0.29) is 0 Å². The first-order chi connectivity index (χ1) is 7.83. The molecule has 0 spiro atoms. The number of carbonyl (C=O) groups excluding carboxylic acids is 1. The van der Waals surface area contributed by atoms with E-state index >= 15 is 0 Å². The molecule has 2 saturated carbocycles. The predicted molar refractivity (Wildman–Crippen MR) is 67.3 cm³/mol. The lowest BCUT2D eigenvalue weighted by Gasteiger charge is -2.33. The number of carbonyl (C=O) groups is 1. The van der Waals surface area contributed by atoms with Gasteiger partial charge in [0.2, 0.25) is 0 Å². The van der Waals surface area contributed by atoms with Crippen LogP contribution in [0, 0.1) is 17.8 Å². The van der Waals surface area contributed by atoms with Gasteiger partial charge >= 0.3 is 0 Å². The summed E-state index contributed by atoms with van der Waals surface area (Å²) in [5, 5.41) is 0. The van der Waals surface area contributed by atoms with E-state index in [4.69, 9.17) is 0 Å². The fraction of sp³-hybridized carbons (Fsp3) is 0.933. The van der Waals surface area contributed by atoms with Crippen molar-refractivity contribution < 1.29 is 4.79 Å². The zero-order chi connectivity index (χ0) is 11.4. The van der Waals surface area contributed by atoms with E-state index in [1.807, 2.05) is 0 Å². The topological polar surface area (TPSA) is 17.1 Å². The van der Waals surface area contributed by atoms with Gasteiger partial charge < -0.3 is 0 Å². The molecule has 0 aliphatic heterocycles. The van der Waals surface area contributed by atoms with Gasteiger partial charge in [0.05, 0.1) is 0 Å². The van der Waals surface area contributed by atoms with Crippen LogP contribution in [0.25, 0.3) is 0 Å². The van der Waals surface area contributed by atoms with Crippen LogP contribution in [0.1, 0.15) is 71.1 Å². The van der Waals surface area contributed by atoms with Gasteiger partial charge in [-0.2, -0.15) is 0 Å². The van der Waals surface area contributed by atoms with Gasteiger partial charge in [-0.3, -0.25) is 4.79 Å². The number of Topliss-reactive ketones (excluding diaryl/α,β-unsaturated/α-hetero) is 1. The fourth-order valence-electron chi connectivity index (χ4n) is 3.76. The first-order valence-electron chi connectivity index (χ1n) is 7.36. The zero-order valence-electron chi connectivity index (χ0n) is 10.7. The highest BCUT2D eigenvalue weighted by Crippen LogP contribution is 2.37. The van der Waals surface area contributed by atoms with Gasteiger partial charge in [0.25, 0.3) is 0 Å². The summed E-state index contributed by atoms with van der Waals surface area (Å²) in [6.07, 6.45) is 12.7. The van der Waals surface area contributed by atoms with Crippen molar-refractivity contribution in [1.29, 1.82) is 0 Å². The Morgan fingerprint density at radius 2 is 1.56 bits per heavy atom. The number of rotatable bonds is 3. The fourth-order valence-corrected chi connectivity index (χ4v) is 3.76. The van der Waals surface area contributed by atoms with Crippen LogP contribution in [-0.2, 0) is 4.79 Å². The Hall–Kier alpha value is -0.330. The molecule has 1 nitrogen and oxygen atoms in total. The molecule has 1 heteroatoms. The Kier molecular flexibility index (Phi) is 4.43. The minimum absolute atomic E-state index is 0.432. The largest absolute Gasteiger partial charge is 0.299 e. The Balaban J connectivity index is 1.95. The third-order valence-electron chi connectivity index (χ3n) is 4.81. The van der Waals surface area contributed by atoms with Crippen molar-refractivity contribution in [1.82, 2.24) is 0 Å². The molecule has 0 aromatic carbocycles. The van der Waals surface area contributed by atoms with Gasteiger partial charge in [-0.05, 0) is 31.6 Å². The summed E-state index contributed by atoms with van der Waals surface area (Å²) >= 11 is 0. The van der Waals surface area contributed by atoms with Crippen LogP contribution in [0.15, 0.2) is 0 Å². The number of ketones is 1. The second kappa shape index (κ2) is 5.84. The Bertz CT molecular complexity index is 228. The molecule has 2 fully saturated rings. The van der Waals surface area contributed by atoms with Gasteiger partial charge in [-0.25, -0.2) is 0 Å². The first kappa shape index (κ1) is 12.1. The van der Waals surface area contributed by atoms with E-state index in [0.717, 1.165) is 0 Å². The maximum absolute atomic E-state index is 12.5. The Morgan fingerprint density at radius 3 is 2.25 bits per heavy atom. The maximum atomic E-state index is 12.5. The van der Waals surface area contributed by atoms with Crippen LogP contribution < -0.4 is 0 Å². The summed E-state index contributed by atoms with van der Waals surface area (Å²) in [6.45, 7) is 2.26. The van der Waals surface area contributed by atoms with Crippen LogP contribution in [0.3, 0.4) is 0 Å². The normalized spacial score (nSPS) is 32.6. The molecule has 0 heterocycles. The first-order valence-corrected chi connectivity index (χ1v) is 7.36. The van der Waals surface area contributed by atoms with E-state index in [2.05, 4.69) is 6.92 Å². The lowest BCUT2D eigenvalue weighted by Crippen LogP contribution is -2.32. The third kappa shape index (κ3) is 2.67. The van der Waals surface area contributed by atoms with Crippen molar-refractivity contribution in [3.8, 4) is 0 Å². The van der Waals surface area contributed by atoms with Crippen molar-refractivity contribution in [2.24, 2.45) is 17.8 Å². The van der Waals surface area contributed by atoms with Gasteiger partial charge in [0, 0.05) is 11.8 Å². The van der Waals surface area contributed by atoms with E-state index in [1.54, 1.807) is 0 Å². The minimum atomic E-state index is 0.432. The molecule has 0 N–H and O–H groups in total. The van der Waals surface area contributed by atoms with Gasteiger partial charge in [0.15, 0.2) is 0 Å². The quantitative estimate of drug-likeness (QED) is 0.693. The highest BCUT2D eigenvalue weighted by molar-refractivity contribution is 5.83. The molecule has 0 saturated heterocycles. The molecule has 2 atom stereocenters. The minimum Gasteiger partial charge on any atom is -0.299 e. The molecule has 0 aromatic rings. The second-order valence-corrected chi connectivity index (χ2v) is 5.80. The third-order valence-corrected chi connectivity index (χ3v) is 4.81. The number of hydrogen-bond acceptors (Lipinski definition) is 1. The molecule has 2 aliphatic rings. The summed E-state index contributed by atoms with van der Waals surface area (Å²) in [5.74, 6) is 2.22. The molecule has 2 unspecified atom stereocenters. The summed E-state index contributed by atoms with van der Waals surface area (Å²) in [4.78, 5) is 12.5. The van der Waals surface area contributed by atoms with Gasteiger partial charge in [-0.15, -0.1) is 0 Å². The lowest BCUT2D eigenvalue weighted by molar-refractivity contribution is -0.130. The highest BCUT2D eigenvalue weighted by Gasteiger charge is 2.33. The van der Waals surface area contributed by atoms with Crippen molar-refractivity contribution in [3.05, 3.63) is 0 Å². The van der Waals surface area contributed by atoms with Gasteiger partial charge in [-0.1, -0.05) is 45.4 Å². The SMILES string of the molecule is CCC1CCCCC1C(=O)C1CCCCC1. The molecular weight excluding hydrogens is 196 g/mol. The maximum Gasteiger partial charge on any atom is 0.139 e. The van der Waals surface area contributed by atoms with E-state index < -0.39 is 0 Å². The molecule has 16 heavy (non-hydrogen) atoms. The molecule has 0 bridgehead atoms. The van der Waals surface area contributed by atoms with Crippen LogP contribution in [0.5, 0.6) is 0 Å². The predicted octanol–water partition coefficient (Wildman–Crippen LogP) is 4.35. The molecule has 92 valence electrons. The standard InChI is InChI=1S/C15H26O/c1-2-12-8-6-7-11-14(12)15(16)13-9-4-3-5-10-13/h12-14H,2-11H2,1H3. The Morgan fingerprint density at radius 1 is 0.938 bits per heavy atom. The highest BCUT2D eigenvalue weighted by atomic mass is 16.1. The summed E-state index contributed by atoms with van der Waals surface area (Å²) in [6, 6.07) is 0. The van der Waals surface area contributed by atoms with Crippen molar-refractivity contribution in [2.45, 2.75) is 71.1 Å². The van der Waals surface area contributed by atoms with E-state index in [1.165, 1.54) is 64.2 Å². The van der Waals surface area contributed by atoms with Crippen molar-refractivity contribution in [2.75, 3.05) is 0 Å². The van der Waals surface area contributed by atoms with Gasteiger partial charge in [0.1, 0.15) is 5.78 Å². The molecule has 2 aliphatic carbocycles. The average Bonchev–Trinajstić information content (AvgIpc) is 2.39. The Labute approximate surface area is 100.0 Å². The molecule has 0 aromatic heterocycles. The lowest BCUT2D eigenvalue weighted by atomic mass is 9.70. The van der Waals surface area contributed by atoms with E-state index in [9.17, 15) is 4.79 Å². The van der Waals surface area contributed by atoms with Crippen molar-refractivity contribution in [3.63, 3.8) is 0 Å². The van der Waals surface area contributed by atoms with E-state index in [0.29, 0.717) is 23.5 Å². The van der Waals surface area contributed by atoms with Crippen LogP contribution in [0.2, 0.25) is 0 Å². The summed E-state index contributed by atoms with van der Waals surface area (Å²) < 4.78 is 0. The molecule has 0 radical (unpaired) electrons. The molecule has 0 amide bonds. The smallest absolute Gasteiger partial charge is 0.139 e. The average molecular weight is 222 g/mol. The van der Waals surface area contributed by atoms with Crippen LogP contribution >= 0.6 is 0 Å². The monoisotopic (exact) mass is 222 g/mol. The van der Waals surface area contributed by atoms with Crippen LogP contribution in [0.4, 0.5) is 0 Å². The number of hydrogen-bond donors (Lipinski definition) is 0. The molecule has 2 rings (SSSR count). The second-order valence-electron chi connectivity index (χ2n) is 5.80. The van der Waals surface area contributed by atoms with Crippen LogP contribution in [-0.4, -0.2) is 5.78 Å². The van der Waals surface area contributed by atoms with Crippen molar-refractivity contribution >= 4 is 5.78 Å².